The summed E-state index contributed by atoms with van der Waals surface area (Å²) in [5.41, 5.74) is 5.66. The second-order valence-corrected chi connectivity index (χ2v) is 4.21. The molecule has 0 aromatic carbocycles. The van der Waals surface area contributed by atoms with Gasteiger partial charge in [-0.25, -0.2) is 0 Å². The normalized spacial score (nSPS) is 28.6. The highest BCUT2D eigenvalue weighted by atomic mass is 16.2. The lowest BCUT2D eigenvalue weighted by Gasteiger charge is -2.19. The first-order valence-corrected chi connectivity index (χ1v) is 5.04. The minimum atomic E-state index is -0.516. The van der Waals surface area contributed by atoms with Crippen molar-refractivity contribution in [3.05, 3.63) is 0 Å². The van der Waals surface area contributed by atoms with E-state index in [9.17, 15) is 4.79 Å². The Morgan fingerprint density at radius 1 is 1.57 bits per heavy atom. The number of hydrogen-bond donors (Lipinski definition) is 1. The number of nitrogens with two attached hydrogens (primary N) is 1. The number of likely N-dealkylation sites (tertiary alicyclic amines) is 1. The molecule has 3 unspecified atom stereocenters. The molecule has 1 heterocycles. The average Bonchev–Trinajstić information content (AvgIpc) is 2.46. The fourth-order valence-corrected chi connectivity index (χ4v) is 1.76. The van der Waals surface area contributed by atoms with Crippen molar-refractivity contribution in [1.29, 1.82) is 0 Å². The third kappa shape index (κ3) is 2.27. The van der Waals surface area contributed by atoms with Crippen LogP contribution in [-0.4, -0.2) is 29.9 Å². The summed E-state index contributed by atoms with van der Waals surface area (Å²) in [4.78, 5) is 13.6. The smallest absolute Gasteiger partial charge is 0.240 e. The second-order valence-electron chi connectivity index (χ2n) is 4.21. The molecular weight excluding hydrogens is 176 g/mol. The van der Waals surface area contributed by atoms with Crippen LogP contribution in [0.1, 0.15) is 20.3 Å². The zero-order valence-corrected chi connectivity index (χ0v) is 8.86. The van der Waals surface area contributed by atoms with Crippen LogP contribution in [0.25, 0.3) is 0 Å². The van der Waals surface area contributed by atoms with Crippen LogP contribution in [0, 0.1) is 24.2 Å². The van der Waals surface area contributed by atoms with Gasteiger partial charge in [0.25, 0.3) is 0 Å². The van der Waals surface area contributed by atoms with Crippen LogP contribution in [0.3, 0.4) is 0 Å². The predicted molar refractivity (Wildman–Crippen MR) is 56.3 cm³/mol. The maximum atomic E-state index is 11.7. The number of hydrogen-bond acceptors (Lipinski definition) is 2. The standard InChI is InChI=1S/C11H18N2O/c1-4-5-10(12)11(14)13-6-8(2)9(3)7-13/h1,8-10H,5-7,12H2,2-3H3. The molecule has 0 bridgehead atoms. The van der Waals surface area contributed by atoms with E-state index in [-0.39, 0.29) is 5.91 Å². The molecule has 0 saturated carbocycles. The number of amides is 1. The molecule has 0 aromatic heterocycles. The van der Waals surface area contributed by atoms with Crippen molar-refractivity contribution < 1.29 is 4.79 Å². The number of rotatable bonds is 2. The van der Waals surface area contributed by atoms with E-state index in [2.05, 4.69) is 19.8 Å². The van der Waals surface area contributed by atoms with Crippen molar-refractivity contribution in [3.8, 4) is 12.3 Å². The lowest BCUT2D eigenvalue weighted by atomic mass is 10.0. The van der Waals surface area contributed by atoms with Crippen molar-refractivity contribution in [1.82, 2.24) is 4.90 Å². The summed E-state index contributed by atoms with van der Waals surface area (Å²) in [6.07, 6.45) is 5.45. The molecule has 1 rings (SSSR count). The van der Waals surface area contributed by atoms with Gasteiger partial charge in [0.1, 0.15) is 0 Å². The van der Waals surface area contributed by atoms with Crippen molar-refractivity contribution in [2.45, 2.75) is 26.3 Å². The van der Waals surface area contributed by atoms with E-state index in [0.29, 0.717) is 18.3 Å². The molecule has 0 spiro atoms. The highest BCUT2D eigenvalue weighted by Crippen LogP contribution is 2.22. The van der Waals surface area contributed by atoms with E-state index in [1.165, 1.54) is 0 Å². The van der Waals surface area contributed by atoms with Crippen LogP contribution in [0.4, 0.5) is 0 Å². The summed E-state index contributed by atoms with van der Waals surface area (Å²) >= 11 is 0. The number of nitrogens with zero attached hydrogens (tertiary/aromatic N) is 1. The lowest BCUT2D eigenvalue weighted by Crippen LogP contribution is -2.42. The Kier molecular flexibility index (Phi) is 3.54. The van der Waals surface area contributed by atoms with Gasteiger partial charge < -0.3 is 10.6 Å². The first kappa shape index (κ1) is 11.1. The van der Waals surface area contributed by atoms with Gasteiger partial charge in [0.05, 0.1) is 6.04 Å². The molecule has 0 aliphatic carbocycles. The molecule has 3 heteroatoms. The minimum absolute atomic E-state index is 0.000787. The topological polar surface area (TPSA) is 46.3 Å². The van der Waals surface area contributed by atoms with Gasteiger partial charge in [0.2, 0.25) is 5.91 Å². The van der Waals surface area contributed by atoms with E-state index < -0.39 is 6.04 Å². The Balaban J connectivity index is 2.51. The fourth-order valence-electron chi connectivity index (χ4n) is 1.76. The van der Waals surface area contributed by atoms with Crippen LogP contribution in [0.5, 0.6) is 0 Å². The van der Waals surface area contributed by atoms with Gasteiger partial charge >= 0.3 is 0 Å². The fraction of sp³-hybridized carbons (Fsp3) is 0.727. The van der Waals surface area contributed by atoms with Crippen LogP contribution in [-0.2, 0) is 4.79 Å². The highest BCUT2D eigenvalue weighted by molar-refractivity contribution is 5.82. The van der Waals surface area contributed by atoms with E-state index in [1.807, 2.05) is 4.90 Å². The molecule has 2 N–H and O–H groups in total. The molecule has 3 atom stereocenters. The summed E-state index contributed by atoms with van der Waals surface area (Å²) in [5.74, 6) is 3.55. The molecule has 1 aliphatic heterocycles. The van der Waals surface area contributed by atoms with Gasteiger partial charge in [-0.2, -0.15) is 0 Å². The van der Waals surface area contributed by atoms with Crippen molar-refractivity contribution in [2.24, 2.45) is 17.6 Å². The zero-order chi connectivity index (χ0) is 10.7. The summed E-state index contributed by atoms with van der Waals surface area (Å²) in [6.45, 7) is 5.95. The molecule has 1 amide bonds. The second kappa shape index (κ2) is 4.47. The highest BCUT2D eigenvalue weighted by Gasteiger charge is 2.31. The third-order valence-electron chi connectivity index (χ3n) is 2.95. The van der Waals surface area contributed by atoms with Crippen molar-refractivity contribution >= 4 is 5.91 Å². The molecule has 1 fully saturated rings. The zero-order valence-electron chi connectivity index (χ0n) is 8.86. The van der Waals surface area contributed by atoms with Crippen LogP contribution in [0.2, 0.25) is 0 Å². The number of terminal acetylenes is 1. The van der Waals surface area contributed by atoms with Gasteiger partial charge in [-0.15, -0.1) is 12.3 Å². The molecule has 78 valence electrons. The SMILES string of the molecule is C#CCC(N)C(=O)N1CC(C)C(C)C1. The summed E-state index contributed by atoms with van der Waals surface area (Å²) in [5, 5.41) is 0. The van der Waals surface area contributed by atoms with Gasteiger partial charge in [0.15, 0.2) is 0 Å². The van der Waals surface area contributed by atoms with Gasteiger partial charge in [0, 0.05) is 19.5 Å². The van der Waals surface area contributed by atoms with E-state index >= 15 is 0 Å². The van der Waals surface area contributed by atoms with Gasteiger partial charge in [-0.05, 0) is 11.8 Å². The third-order valence-corrected chi connectivity index (χ3v) is 2.95. The summed E-state index contributed by atoms with van der Waals surface area (Å²) in [7, 11) is 0. The van der Waals surface area contributed by atoms with Gasteiger partial charge in [-0.1, -0.05) is 13.8 Å². The monoisotopic (exact) mass is 194 g/mol. The first-order valence-electron chi connectivity index (χ1n) is 5.04. The molecule has 14 heavy (non-hydrogen) atoms. The molecule has 1 aliphatic rings. The Bertz CT molecular complexity index is 247. The molecule has 1 saturated heterocycles. The minimum Gasteiger partial charge on any atom is -0.341 e. The Labute approximate surface area is 85.6 Å². The predicted octanol–water partition coefficient (Wildman–Crippen LogP) is 0.451. The van der Waals surface area contributed by atoms with Crippen molar-refractivity contribution in [3.63, 3.8) is 0 Å². The van der Waals surface area contributed by atoms with Crippen LogP contribution in [0.15, 0.2) is 0 Å². The largest absolute Gasteiger partial charge is 0.341 e. The maximum absolute atomic E-state index is 11.7. The van der Waals surface area contributed by atoms with E-state index in [0.717, 1.165) is 13.1 Å². The molecular formula is C11H18N2O. The van der Waals surface area contributed by atoms with E-state index in [1.54, 1.807) is 0 Å². The maximum Gasteiger partial charge on any atom is 0.240 e. The van der Waals surface area contributed by atoms with Crippen LogP contribution < -0.4 is 5.73 Å². The van der Waals surface area contributed by atoms with Gasteiger partial charge in [-0.3, -0.25) is 4.79 Å². The van der Waals surface area contributed by atoms with Crippen molar-refractivity contribution in [2.75, 3.05) is 13.1 Å². The quantitative estimate of drug-likeness (QED) is 0.649. The lowest BCUT2D eigenvalue weighted by molar-refractivity contribution is -0.131. The molecule has 0 radical (unpaired) electrons. The number of carbonyl (C=O) groups is 1. The Morgan fingerprint density at radius 2 is 2.07 bits per heavy atom. The Morgan fingerprint density at radius 3 is 2.50 bits per heavy atom. The Hall–Kier alpha value is -1.01. The summed E-state index contributed by atoms with van der Waals surface area (Å²) in [6, 6.07) is -0.516. The van der Waals surface area contributed by atoms with E-state index in [4.69, 9.17) is 12.2 Å². The number of carbonyl (C=O) groups excluding carboxylic acids is 1. The molecule has 3 nitrogen and oxygen atoms in total. The van der Waals surface area contributed by atoms with Crippen LogP contribution >= 0.6 is 0 Å². The summed E-state index contributed by atoms with van der Waals surface area (Å²) < 4.78 is 0. The molecule has 0 aromatic rings. The average molecular weight is 194 g/mol. The first-order chi connectivity index (χ1) is 6.56.